The molecule has 0 unspecified atom stereocenters. The molecule has 1 heterocycles. The molecule has 0 atom stereocenters. The van der Waals surface area contributed by atoms with Gasteiger partial charge in [0.1, 0.15) is 5.75 Å². The second-order valence-electron chi connectivity index (χ2n) is 3.98. The summed E-state index contributed by atoms with van der Waals surface area (Å²) in [5.41, 5.74) is 1.91. The molecule has 0 saturated carbocycles. The van der Waals surface area contributed by atoms with Crippen molar-refractivity contribution >= 4 is 0 Å². The molecule has 0 saturated heterocycles. The van der Waals surface area contributed by atoms with Crippen molar-refractivity contribution in [1.29, 1.82) is 0 Å². The highest BCUT2D eigenvalue weighted by Crippen LogP contribution is 2.16. The largest absolute Gasteiger partial charge is 0.466 e. The van der Waals surface area contributed by atoms with Gasteiger partial charge in [0.05, 0.1) is 5.69 Å². The predicted octanol–water partition coefficient (Wildman–Crippen LogP) is 1.87. The molecular weight excluding hydrogens is 204 g/mol. The molecule has 0 amide bonds. The quantitative estimate of drug-likeness (QED) is 0.749. The molecule has 1 aromatic rings. The van der Waals surface area contributed by atoms with Crippen LogP contribution in [-0.4, -0.2) is 24.9 Å². The van der Waals surface area contributed by atoms with Crippen LogP contribution in [0.5, 0.6) is 5.75 Å². The topological polar surface area (TPSA) is 43.4 Å². The van der Waals surface area contributed by atoms with E-state index in [0.717, 1.165) is 17.1 Å². The number of hydrogen-bond acceptors (Lipinski definition) is 4. The van der Waals surface area contributed by atoms with Gasteiger partial charge in [-0.3, -0.25) is 4.98 Å². The molecule has 1 rings (SSSR count). The van der Waals surface area contributed by atoms with Gasteiger partial charge < -0.3 is 14.8 Å². The van der Waals surface area contributed by atoms with Crippen molar-refractivity contribution in [3.63, 3.8) is 0 Å². The zero-order valence-electron chi connectivity index (χ0n) is 10.4. The smallest absolute Gasteiger partial charge is 0.188 e. The summed E-state index contributed by atoms with van der Waals surface area (Å²) in [6.45, 7) is 7.13. The van der Waals surface area contributed by atoms with Gasteiger partial charge >= 0.3 is 0 Å². The molecule has 0 radical (unpaired) electrons. The van der Waals surface area contributed by atoms with Gasteiger partial charge in [0.25, 0.3) is 0 Å². The summed E-state index contributed by atoms with van der Waals surface area (Å²) in [5, 5.41) is 3.32. The maximum atomic E-state index is 5.45. The molecule has 0 aliphatic carbocycles. The predicted molar refractivity (Wildman–Crippen MR) is 63.5 cm³/mol. The Hall–Kier alpha value is -1.13. The SMILES string of the molecule is COCOc1ccc(C)nc1CNC(C)C. The minimum Gasteiger partial charge on any atom is -0.466 e. The number of aryl methyl sites for hydroxylation is 1. The van der Waals surface area contributed by atoms with Crippen molar-refractivity contribution in [3.05, 3.63) is 23.5 Å². The number of ether oxygens (including phenoxy) is 2. The highest BCUT2D eigenvalue weighted by Gasteiger charge is 2.06. The third kappa shape index (κ3) is 4.16. The van der Waals surface area contributed by atoms with Gasteiger partial charge in [-0.05, 0) is 19.1 Å². The van der Waals surface area contributed by atoms with E-state index >= 15 is 0 Å². The summed E-state index contributed by atoms with van der Waals surface area (Å²) in [7, 11) is 1.60. The third-order valence-corrected chi connectivity index (χ3v) is 2.08. The maximum Gasteiger partial charge on any atom is 0.188 e. The Bertz CT molecular complexity index is 327. The summed E-state index contributed by atoms with van der Waals surface area (Å²) in [6.07, 6.45) is 0. The first-order chi connectivity index (χ1) is 7.63. The normalized spacial score (nSPS) is 10.8. The van der Waals surface area contributed by atoms with Gasteiger partial charge in [-0.15, -0.1) is 0 Å². The molecule has 4 nitrogen and oxygen atoms in total. The van der Waals surface area contributed by atoms with Gasteiger partial charge in [-0.1, -0.05) is 13.8 Å². The standard InChI is InChI=1S/C12H20N2O2/c1-9(2)13-7-11-12(16-8-15-4)6-5-10(3)14-11/h5-6,9,13H,7-8H2,1-4H3. The Labute approximate surface area is 97.0 Å². The Balaban J connectivity index is 2.72. The summed E-state index contributed by atoms with van der Waals surface area (Å²) >= 11 is 0. The highest BCUT2D eigenvalue weighted by atomic mass is 16.7. The van der Waals surface area contributed by atoms with Crippen LogP contribution in [0.1, 0.15) is 25.2 Å². The first-order valence-corrected chi connectivity index (χ1v) is 5.45. The lowest BCUT2D eigenvalue weighted by Gasteiger charge is -2.13. The summed E-state index contributed by atoms with van der Waals surface area (Å²) in [4.78, 5) is 4.45. The van der Waals surface area contributed by atoms with Crippen molar-refractivity contribution < 1.29 is 9.47 Å². The molecule has 0 aromatic carbocycles. The van der Waals surface area contributed by atoms with Crippen LogP contribution in [0.25, 0.3) is 0 Å². The fraction of sp³-hybridized carbons (Fsp3) is 0.583. The molecule has 0 fully saturated rings. The van der Waals surface area contributed by atoms with E-state index in [1.165, 1.54) is 0 Å². The van der Waals surface area contributed by atoms with E-state index in [1.54, 1.807) is 7.11 Å². The number of nitrogens with one attached hydrogen (secondary N) is 1. The van der Waals surface area contributed by atoms with E-state index in [-0.39, 0.29) is 6.79 Å². The molecule has 1 N–H and O–H groups in total. The number of methoxy groups -OCH3 is 1. The molecule has 1 aromatic heterocycles. The van der Waals surface area contributed by atoms with Gasteiger partial charge in [0.2, 0.25) is 0 Å². The van der Waals surface area contributed by atoms with Crippen LogP contribution < -0.4 is 10.1 Å². The van der Waals surface area contributed by atoms with E-state index in [0.29, 0.717) is 12.6 Å². The van der Waals surface area contributed by atoms with Gasteiger partial charge in [-0.25, -0.2) is 0 Å². The van der Waals surface area contributed by atoms with Crippen molar-refractivity contribution in [1.82, 2.24) is 10.3 Å². The van der Waals surface area contributed by atoms with Crippen LogP contribution in [-0.2, 0) is 11.3 Å². The van der Waals surface area contributed by atoms with Crippen LogP contribution in [0.3, 0.4) is 0 Å². The molecular formula is C12H20N2O2. The van der Waals surface area contributed by atoms with Crippen LogP contribution in [0.4, 0.5) is 0 Å². The van der Waals surface area contributed by atoms with Crippen molar-refractivity contribution in [2.24, 2.45) is 0 Å². The van der Waals surface area contributed by atoms with E-state index < -0.39 is 0 Å². The first-order valence-electron chi connectivity index (χ1n) is 5.45. The Morgan fingerprint density at radius 2 is 2.12 bits per heavy atom. The Kier molecular flexibility index (Phi) is 5.22. The molecule has 0 bridgehead atoms. The average molecular weight is 224 g/mol. The second-order valence-corrected chi connectivity index (χ2v) is 3.98. The van der Waals surface area contributed by atoms with Crippen LogP contribution in [0.15, 0.2) is 12.1 Å². The van der Waals surface area contributed by atoms with Crippen LogP contribution >= 0.6 is 0 Å². The van der Waals surface area contributed by atoms with E-state index in [9.17, 15) is 0 Å². The minimum atomic E-state index is 0.249. The number of hydrogen-bond donors (Lipinski definition) is 1. The Morgan fingerprint density at radius 3 is 2.75 bits per heavy atom. The number of nitrogens with zero attached hydrogens (tertiary/aromatic N) is 1. The van der Waals surface area contributed by atoms with Crippen LogP contribution in [0.2, 0.25) is 0 Å². The van der Waals surface area contributed by atoms with E-state index in [4.69, 9.17) is 9.47 Å². The zero-order valence-corrected chi connectivity index (χ0v) is 10.4. The van der Waals surface area contributed by atoms with E-state index in [1.807, 2.05) is 19.1 Å². The van der Waals surface area contributed by atoms with Crippen molar-refractivity contribution in [2.75, 3.05) is 13.9 Å². The molecule has 16 heavy (non-hydrogen) atoms. The zero-order chi connectivity index (χ0) is 12.0. The lowest BCUT2D eigenvalue weighted by atomic mass is 10.2. The molecule has 0 spiro atoms. The fourth-order valence-corrected chi connectivity index (χ4v) is 1.28. The van der Waals surface area contributed by atoms with Gasteiger partial charge in [0.15, 0.2) is 6.79 Å². The summed E-state index contributed by atoms with van der Waals surface area (Å²) < 4.78 is 10.3. The molecule has 90 valence electrons. The summed E-state index contributed by atoms with van der Waals surface area (Å²) in [5.74, 6) is 0.778. The molecule has 4 heteroatoms. The van der Waals surface area contributed by atoms with Crippen LogP contribution in [0, 0.1) is 6.92 Å². The number of aromatic nitrogens is 1. The fourth-order valence-electron chi connectivity index (χ4n) is 1.28. The third-order valence-electron chi connectivity index (χ3n) is 2.08. The molecule has 0 aliphatic heterocycles. The van der Waals surface area contributed by atoms with Gasteiger partial charge in [0, 0.05) is 25.4 Å². The lowest BCUT2D eigenvalue weighted by Crippen LogP contribution is -2.23. The monoisotopic (exact) mass is 224 g/mol. The minimum absolute atomic E-state index is 0.249. The Morgan fingerprint density at radius 1 is 1.38 bits per heavy atom. The maximum absolute atomic E-state index is 5.45. The lowest BCUT2D eigenvalue weighted by molar-refractivity contribution is 0.0499. The van der Waals surface area contributed by atoms with Crippen molar-refractivity contribution in [2.45, 2.75) is 33.4 Å². The highest BCUT2D eigenvalue weighted by molar-refractivity contribution is 5.29. The van der Waals surface area contributed by atoms with E-state index in [2.05, 4.69) is 24.1 Å². The van der Waals surface area contributed by atoms with Crippen molar-refractivity contribution in [3.8, 4) is 5.75 Å². The number of rotatable bonds is 6. The van der Waals surface area contributed by atoms with Gasteiger partial charge in [-0.2, -0.15) is 0 Å². The first kappa shape index (κ1) is 12.9. The average Bonchev–Trinajstić information content (AvgIpc) is 2.25. The summed E-state index contributed by atoms with van der Waals surface area (Å²) in [6, 6.07) is 4.29. The number of pyridine rings is 1. The molecule has 0 aliphatic rings. The second kappa shape index (κ2) is 6.45.